The molecule has 1 fully saturated rings. The van der Waals surface area contributed by atoms with Crippen LogP contribution in [-0.4, -0.2) is 30.3 Å². The molecule has 1 aliphatic heterocycles. The van der Waals surface area contributed by atoms with Gasteiger partial charge < -0.3 is 14.7 Å². The summed E-state index contributed by atoms with van der Waals surface area (Å²) in [6, 6.07) is 18.6. The van der Waals surface area contributed by atoms with Crippen LogP contribution in [0.2, 0.25) is 0 Å². The molecular formula is C17H17NO3. The third-order valence-electron chi connectivity index (χ3n) is 3.62. The molecule has 4 heteroatoms. The molecule has 1 amide bonds. The van der Waals surface area contributed by atoms with Crippen molar-refractivity contribution >= 4 is 11.6 Å². The molecule has 1 heterocycles. The molecule has 0 radical (unpaired) electrons. The van der Waals surface area contributed by atoms with Crippen LogP contribution < -0.4 is 4.90 Å². The molecular weight excluding hydrogens is 266 g/mol. The molecule has 1 aliphatic rings. The number of amides is 1. The summed E-state index contributed by atoms with van der Waals surface area (Å²) in [4.78, 5) is 14.2. The smallest absolute Gasteiger partial charge is 0.259 e. The van der Waals surface area contributed by atoms with Gasteiger partial charge in [-0.3, -0.25) is 4.79 Å². The van der Waals surface area contributed by atoms with Crippen LogP contribution in [0, 0.1) is 0 Å². The number of hydrogen-bond donors (Lipinski definition) is 1. The van der Waals surface area contributed by atoms with Crippen LogP contribution in [0.15, 0.2) is 60.7 Å². The van der Waals surface area contributed by atoms with Gasteiger partial charge in [0, 0.05) is 12.2 Å². The van der Waals surface area contributed by atoms with E-state index in [0.29, 0.717) is 18.7 Å². The maximum absolute atomic E-state index is 12.6. The molecule has 0 unspecified atom stereocenters. The highest BCUT2D eigenvalue weighted by Crippen LogP contribution is 2.26. The Morgan fingerprint density at radius 3 is 2.33 bits per heavy atom. The van der Waals surface area contributed by atoms with Crippen molar-refractivity contribution in [1.82, 2.24) is 0 Å². The summed E-state index contributed by atoms with van der Waals surface area (Å²) in [6.07, 6.45) is -1.81. The van der Waals surface area contributed by atoms with Gasteiger partial charge in [0.05, 0.1) is 6.61 Å². The van der Waals surface area contributed by atoms with E-state index in [9.17, 15) is 9.90 Å². The van der Waals surface area contributed by atoms with Crippen LogP contribution >= 0.6 is 0 Å². The maximum atomic E-state index is 12.6. The number of carbonyl (C=O) groups excluding carboxylic acids is 1. The topological polar surface area (TPSA) is 49.8 Å². The van der Waals surface area contributed by atoms with Gasteiger partial charge in [0.15, 0.2) is 6.10 Å². The van der Waals surface area contributed by atoms with Crippen molar-refractivity contribution in [3.63, 3.8) is 0 Å². The number of nitrogens with zero attached hydrogens (tertiary/aromatic N) is 1. The minimum absolute atomic E-state index is 0.205. The summed E-state index contributed by atoms with van der Waals surface area (Å²) in [5.41, 5.74) is 1.52. The number of ether oxygens (including phenoxy) is 1. The number of carbonyl (C=O) groups is 1. The zero-order chi connectivity index (χ0) is 14.7. The molecule has 0 saturated carbocycles. The second-order valence-electron chi connectivity index (χ2n) is 4.97. The Morgan fingerprint density at radius 1 is 1.05 bits per heavy atom. The van der Waals surface area contributed by atoms with Crippen LogP contribution in [0.5, 0.6) is 0 Å². The van der Waals surface area contributed by atoms with E-state index >= 15 is 0 Å². The second-order valence-corrected chi connectivity index (χ2v) is 4.97. The fourth-order valence-electron chi connectivity index (χ4n) is 2.52. The molecule has 4 nitrogen and oxygen atoms in total. The Labute approximate surface area is 123 Å². The molecule has 0 aromatic heterocycles. The summed E-state index contributed by atoms with van der Waals surface area (Å²) < 4.78 is 5.52. The van der Waals surface area contributed by atoms with E-state index in [1.165, 1.54) is 0 Å². The van der Waals surface area contributed by atoms with Crippen LogP contribution in [0.1, 0.15) is 11.7 Å². The monoisotopic (exact) mass is 283 g/mol. The Bertz CT molecular complexity index is 600. The number of aliphatic hydroxyl groups excluding tert-OH is 1. The predicted molar refractivity (Wildman–Crippen MR) is 79.9 cm³/mol. The largest absolute Gasteiger partial charge is 0.385 e. The van der Waals surface area contributed by atoms with Crippen molar-refractivity contribution in [2.45, 2.75) is 12.2 Å². The van der Waals surface area contributed by atoms with Gasteiger partial charge in [0.25, 0.3) is 5.91 Å². The first-order valence-electron chi connectivity index (χ1n) is 6.98. The highest BCUT2D eigenvalue weighted by Gasteiger charge is 2.36. The van der Waals surface area contributed by atoms with E-state index in [0.717, 1.165) is 5.69 Å². The standard InChI is InChI=1S/C17H17NO3/c19-15(13-7-3-1-4-8-13)16-17(20)18(11-12-21-16)14-9-5-2-6-10-14/h1-10,15-16,19H,11-12H2/t15-,16-/m0/s1. The predicted octanol–water partition coefficient (Wildman–Crippen LogP) is 2.15. The minimum Gasteiger partial charge on any atom is -0.385 e. The van der Waals surface area contributed by atoms with Gasteiger partial charge >= 0.3 is 0 Å². The summed E-state index contributed by atoms with van der Waals surface area (Å²) in [6.45, 7) is 0.913. The Kier molecular flexibility index (Phi) is 3.99. The van der Waals surface area contributed by atoms with Crippen molar-refractivity contribution in [3.8, 4) is 0 Å². The molecule has 2 aromatic rings. The molecule has 2 aromatic carbocycles. The number of anilines is 1. The Morgan fingerprint density at radius 2 is 1.67 bits per heavy atom. The molecule has 1 saturated heterocycles. The average molecular weight is 283 g/mol. The molecule has 0 bridgehead atoms. The number of para-hydroxylation sites is 1. The van der Waals surface area contributed by atoms with Crippen LogP contribution in [-0.2, 0) is 9.53 Å². The van der Waals surface area contributed by atoms with E-state index < -0.39 is 12.2 Å². The zero-order valence-corrected chi connectivity index (χ0v) is 11.6. The normalized spacial score (nSPS) is 20.3. The SMILES string of the molecule is O=C1[C@H]([C@@H](O)c2ccccc2)OCCN1c1ccccc1. The van der Waals surface area contributed by atoms with Crippen molar-refractivity contribution < 1.29 is 14.6 Å². The maximum Gasteiger partial charge on any atom is 0.259 e. The quantitative estimate of drug-likeness (QED) is 0.939. The summed E-state index contributed by atoms with van der Waals surface area (Å²) in [7, 11) is 0. The fourth-order valence-corrected chi connectivity index (χ4v) is 2.52. The van der Waals surface area contributed by atoms with Gasteiger partial charge in [-0.2, -0.15) is 0 Å². The van der Waals surface area contributed by atoms with Crippen LogP contribution in [0.25, 0.3) is 0 Å². The Balaban J connectivity index is 1.82. The third kappa shape index (κ3) is 2.82. The highest BCUT2D eigenvalue weighted by atomic mass is 16.5. The molecule has 3 rings (SSSR count). The van der Waals surface area contributed by atoms with E-state index in [-0.39, 0.29) is 5.91 Å². The number of hydrogen-bond acceptors (Lipinski definition) is 3. The third-order valence-corrected chi connectivity index (χ3v) is 3.62. The first kappa shape index (κ1) is 13.8. The van der Waals surface area contributed by atoms with E-state index in [1.54, 1.807) is 17.0 Å². The van der Waals surface area contributed by atoms with Crippen molar-refractivity contribution in [1.29, 1.82) is 0 Å². The summed E-state index contributed by atoms with van der Waals surface area (Å²) in [5, 5.41) is 10.4. The molecule has 1 N–H and O–H groups in total. The van der Waals surface area contributed by atoms with Crippen LogP contribution in [0.3, 0.4) is 0 Å². The Hall–Kier alpha value is -2.17. The minimum atomic E-state index is -0.954. The van der Waals surface area contributed by atoms with Crippen LogP contribution in [0.4, 0.5) is 5.69 Å². The highest BCUT2D eigenvalue weighted by molar-refractivity contribution is 5.97. The zero-order valence-electron chi connectivity index (χ0n) is 11.6. The molecule has 0 aliphatic carbocycles. The van der Waals surface area contributed by atoms with Crippen molar-refractivity contribution in [2.24, 2.45) is 0 Å². The average Bonchev–Trinajstić information content (AvgIpc) is 2.56. The lowest BCUT2D eigenvalue weighted by Gasteiger charge is -2.34. The molecule has 2 atom stereocenters. The van der Waals surface area contributed by atoms with Gasteiger partial charge in [0.1, 0.15) is 6.10 Å². The lowest BCUT2D eigenvalue weighted by molar-refractivity contribution is -0.143. The number of aliphatic hydroxyl groups is 1. The molecule has 108 valence electrons. The van der Waals surface area contributed by atoms with E-state index in [1.807, 2.05) is 48.5 Å². The summed E-state index contributed by atoms with van der Waals surface area (Å²) in [5.74, 6) is -0.205. The first-order chi connectivity index (χ1) is 10.3. The van der Waals surface area contributed by atoms with Gasteiger partial charge in [-0.1, -0.05) is 48.5 Å². The van der Waals surface area contributed by atoms with E-state index in [2.05, 4.69) is 0 Å². The number of rotatable bonds is 3. The lowest BCUT2D eigenvalue weighted by Crippen LogP contribution is -2.50. The fraction of sp³-hybridized carbons (Fsp3) is 0.235. The molecule has 0 spiro atoms. The van der Waals surface area contributed by atoms with Crippen molar-refractivity contribution in [3.05, 3.63) is 66.2 Å². The molecule has 21 heavy (non-hydrogen) atoms. The van der Waals surface area contributed by atoms with Crippen molar-refractivity contribution in [2.75, 3.05) is 18.1 Å². The van der Waals surface area contributed by atoms with Gasteiger partial charge in [0.2, 0.25) is 0 Å². The lowest BCUT2D eigenvalue weighted by atomic mass is 10.0. The second kappa shape index (κ2) is 6.08. The van der Waals surface area contributed by atoms with E-state index in [4.69, 9.17) is 4.74 Å². The number of morpholine rings is 1. The number of benzene rings is 2. The van der Waals surface area contributed by atoms with Gasteiger partial charge in [-0.25, -0.2) is 0 Å². The first-order valence-corrected chi connectivity index (χ1v) is 6.98. The van der Waals surface area contributed by atoms with Gasteiger partial charge in [-0.15, -0.1) is 0 Å². The van der Waals surface area contributed by atoms with Gasteiger partial charge in [-0.05, 0) is 17.7 Å². The summed E-state index contributed by atoms with van der Waals surface area (Å²) >= 11 is 0.